The fraction of sp³-hybridized carbons (Fsp3) is 0.600. The molecule has 2 aliphatic rings. The van der Waals surface area contributed by atoms with E-state index in [1.54, 1.807) is 0 Å². The average molecular weight is 230 g/mol. The molecule has 0 amide bonds. The van der Waals surface area contributed by atoms with Crippen LogP contribution in [0.2, 0.25) is 0 Å². The number of allylic oxidation sites excluding steroid dienone is 4. The van der Waals surface area contributed by atoms with Gasteiger partial charge in [0, 0.05) is 25.5 Å². The van der Waals surface area contributed by atoms with Crippen molar-refractivity contribution in [1.29, 1.82) is 0 Å². The van der Waals surface area contributed by atoms with Crippen molar-refractivity contribution in [2.75, 3.05) is 13.1 Å². The molecular weight excluding hydrogens is 208 g/mol. The Balaban J connectivity index is 1.66. The van der Waals surface area contributed by atoms with Crippen molar-refractivity contribution in [2.24, 2.45) is 9.98 Å². The lowest BCUT2D eigenvalue weighted by atomic mass is 10.0. The largest absolute Gasteiger partial charge is 0.293 e. The van der Waals surface area contributed by atoms with Gasteiger partial charge in [0.2, 0.25) is 0 Å². The lowest BCUT2D eigenvalue weighted by molar-refractivity contribution is 0.796. The minimum Gasteiger partial charge on any atom is -0.293 e. The van der Waals surface area contributed by atoms with Crippen LogP contribution in [0.25, 0.3) is 0 Å². The molecule has 0 aliphatic carbocycles. The maximum absolute atomic E-state index is 4.31. The van der Waals surface area contributed by atoms with Gasteiger partial charge in [0.15, 0.2) is 0 Å². The first-order chi connectivity index (χ1) is 8.45. The lowest BCUT2D eigenvalue weighted by Crippen LogP contribution is -1.97. The van der Waals surface area contributed by atoms with Gasteiger partial charge in [0.05, 0.1) is 0 Å². The van der Waals surface area contributed by atoms with Crippen LogP contribution in [0.4, 0.5) is 0 Å². The second kappa shape index (κ2) is 7.21. The summed E-state index contributed by atoms with van der Waals surface area (Å²) in [4.78, 5) is 8.62. The van der Waals surface area contributed by atoms with Crippen molar-refractivity contribution in [2.45, 2.75) is 44.9 Å². The first-order valence-electron chi connectivity index (χ1n) is 6.83. The van der Waals surface area contributed by atoms with Gasteiger partial charge in [-0.3, -0.25) is 9.98 Å². The van der Waals surface area contributed by atoms with E-state index in [0.29, 0.717) is 0 Å². The zero-order valence-electron chi connectivity index (χ0n) is 10.6. The Morgan fingerprint density at radius 1 is 0.882 bits per heavy atom. The van der Waals surface area contributed by atoms with Gasteiger partial charge < -0.3 is 0 Å². The van der Waals surface area contributed by atoms with E-state index in [1.807, 2.05) is 0 Å². The molecule has 92 valence electrons. The van der Waals surface area contributed by atoms with Gasteiger partial charge in [-0.1, -0.05) is 12.2 Å². The topological polar surface area (TPSA) is 24.7 Å². The molecule has 2 aliphatic heterocycles. The number of hydrogen-bond acceptors (Lipinski definition) is 2. The number of unbranched alkanes of at least 4 members (excludes halogenated alkanes) is 2. The molecule has 2 nitrogen and oxygen atoms in total. The fourth-order valence-electron chi connectivity index (χ4n) is 2.24. The van der Waals surface area contributed by atoms with E-state index >= 15 is 0 Å². The van der Waals surface area contributed by atoms with Crippen LogP contribution in [-0.2, 0) is 0 Å². The van der Waals surface area contributed by atoms with Crippen LogP contribution in [0.5, 0.6) is 0 Å². The monoisotopic (exact) mass is 230 g/mol. The summed E-state index contributed by atoms with van der Waals surface area (Å²) in [5.41, 5.74) is 2.87. The van der Waals surface area contributed by atoms with Gasteiger partial charge in [-0.2, -0.15) is 0 Å². The molecule has 0 bridgehead atoms. The molecule has 0 radical (unpaired) electrons. The quantitative estimate of drug-likeness (QED) is 0.657. The summed E-state index contributed by atoms with van der Waals surface area (Å²) >= 11 is 0. The zero-order chi connectivity index (χ0) is 11.8. The van der Waals surface area contributed by atoms with E-state index in [4.69, 9.17) is 0 Å². The van der Waals surface area contributed by atoms with Crippen LogP contribution in [0.3, 0.4) is 0 Å². The van der Waals surface area contributed by atoms with Crippen molar-refractivity contribution in [1.82, 2.24) is 0 Å². The Morgan fingerprint density at radius 2 is 1.41 bits per heavy atom. The molecule has 0 saturated carbocycles. The Labute approximate surface area is 104 Å². The molecule has 0 aromatic rings. The maximum atomic E-state index is 4.31. The van der Waals surface area contributed by atoms with Crippen LogP contribution in [0.15, 0.2) is 33.3 Å². The Morgan fingerprint density at radius 3 is 1.82 bits per heavy atom. The third kappa shape index (κ3) is 4.68. The molecule has 0 spiro atoms. The van der Waals surface area contributed by atoms with Gasteiger partial charge >= 0.3 is 0 Å². The normalized spacial score (nSPS) is 24.7. The van der Waals surface area contributed by atoms with E-state index in [-0.39, 0.29) is 0 Å². The average Bonchev–Trinajstić information content (AvgIpc) is 2.41. The Bertz CT molecular complexity index is 314. The standard InChI is InChI=1S/C15H22N2/c1(2-6-14-8-4-10-16-12-14)3-7-15-9-5-11-17-13-15/h6-7,12-13H,1-5,8-11H2/b14-6+,15-7+. The summed E-state index contributed by atoms with van der Waals surface area (Å²) in [5.74, 6) is 0. The van der Waals surface area contributed by atoms with Crippen molar-refractivity contribution >= 4 is 12.4 Å². The first kappa shape index (κ1) is 12.3. The number of hydrogen-bond donors (Lipinski definition) is 0. The summed E-state index contributed by atoms with van der Waals surface area (Å²) in [6, 6.07) is 0. The van der Waals surface area contributed by atoms with E-state index < -0.39 is 0 Å². The van der Waals surface area contributed by atoms with Gasteiger partial charge in [0.1, 0.15) is 0 Å². The van der Waals surface area contributed by atoms with Gasteiger partial charge in [-0.25, -0.2) is 0 Å². The fourth-order valence-corrected chi connectivity index (χ4v) is 2.24. The number of rotatable bonds is 4. The van der Waals surface area contributed by atoms with Crippen molar-refractivity contribution in [3.63, 3.8) is 0 Å². The molecule has 0 aromatic heterocycles. The second-order valence-electron chi connectivity index (χ2n) is 4.77. The molecule has 0 atom stereocenters. The van der Waals surface area contributed by atoms with E-state index in [9.17, 15) is 0 Å². The highest BCUT2D eigenvalue weighted by Gasteiger charge is 2.00. The SMILES string of the molecule is C1=NCCC/C1=C\CCC/C=C1/C=NCCC1. The van der Waals surface area contributed by atoms with Crippen molar-refractivity contribution in [3.8, 4) is 0 Å². The summed E-state index contributed by atoms with van der Waals surface area (Å²) in [6.07, 6.45) is 17.3. The van der Waals surface area contributed by atoms with E-state index in [1.165, 1.54) is 56.1 Å². The molecule has 17 heavy (non-hydrogen) atoms. The molecule has 2 heterocycles. The summed E-state index contributed by atoms with van der Waals surface area (Å²) in [7, 11) is 0. The highest BCUT2D eigenvalue weighted by molar-refractivity contribution is 5.79. The van der Waals surface area contributed by atoms with Crippen molar-refractivity contribution in [3.05, 3.63) is 23.3 Å². The highest BCUT2D eigenvalue weighted by Crippen LogP contribution is 2.13. The second-order valence-corrected chi connectivity index (χ2v) is 4.77. The number of nitrogens with zero attached hydrogens (tertiary/aromatic N) is 2. The van der Waals surface area contributed by atoms with Crippen LogP contribution in [0.1, 0.15) is 44.9 Å². The molecule has 0 saturated heterocycles. The molecular formula is C15H22N2. The molecule has 0 aromatic carbocycles. The van der Waals surface area contributed by atoms with Crippen LogP contribution in [0, 0.1) is 0 Å². The van der Waals surface area contributed by atoms with Gasteiger partial charge in [0.25, 0.3) is 0 Å². The van der Waals surface area contributed by atoms with Gasteiger partial charge in [-0.15, -0.1) is 0 Å². The predicted octanol–water partition coefficient (Wildman–Crippen LogP) is 3.74. The lowest BCUT2D eigenvalue weighted by Gasteiger charge is -2.07. The van der Waals surface area contributed by atoms with E-state index in [2.05, 4.69) is 34.6 Å². The van der Waals surface area contributed by atoms with Crippen LogP contribution >= 0.6 is 0 Å². The summed E-state index contributed by atoms with van der Waals surface area (Å²) in [5, 5.41) is 0. The first-order valence-corrected chi connectivity index (χ1v) is 6.83. The molecule has 2 heteroatoms. The van der Waals surface area contributed by atoms with Gasteiger partial charge in [-0.05, 0) is 56.1 Å². The molecule has 2 rings (SSSR count). The Kier molecular flexibility index (Phi) is 5.21. The van der Waals surface area contributed by atoms with Crippen molar-refractivity contribution < 1.29 is 0 Å². The van der Waals surface area contributed by atoms with E-state index in [0.717, 1.165) is 13.1 Å². The molecule has 0 fully saturated rings. The predicted molar refractivity (Wildman–Crippen MR) is 75.2 cm³/mol. The van der Waals surface area contributed by atoms with Crippen LogP contribution in [-0.4, -0.2) is 25.5 Å². The summed E-state index contributed by atoms with van der Waals surface area (Å²) < 4.78 is 0. The zero-order valence-corrected chi connectivity index (χ0v) is 10.6. The third-order valence-electron chi connectivity index (χ3n) is 3.24. The maximum Gasteiger partial charge on any atom is 0.0392 e. The third-order valence-corrected chi connectivity index (χ3v) is 3.24. The molecule has 0 N–H and O–H groups in total. The minimum absolute atomic E-state index is 1.02. The van der Waals surface area contributed by atoms with Crippen LogP contribution < -0.4 is 0 Å². The smallest absolute Gasteiger partial charge is 0.0392 e. The summed E-state index contributed by atoms with van der Waals surface area (Å²) in [6.45, 7) is 2.03. The molecule has 0 unspecified atom stereocenters. The Hall–Kier alpha value is -1.18. The number of aliphatic imine (C=N–C) groups is 2. The minimum atomic E-state index is 1.02. The highest BCUT2D eigenvalue weighted by atomic mass is 14.7.